The molecule has 0 saturated carbocycles. The number of aromatic nitrogens is 2. The van der Waals surface area contributed by atoms with Crippen LogP contribution in [0.1, 0.15) is 34.6 Å². The molecule has 0 spiro atoms. The van der Waals surface area contributed by atoms with Crippen molar-refractivity contribution in [3.05, 3.63) is 41.2 Å². The van der Waals surface area contributed by atoms with Gasteiger partial charge in [-0.3, -0.25) is 9.48 Å². The predicted molar refractivity (Wildman–Crippen MR) is 83.6 cm³/mol. The van der Waals surface area contributed by atoms with E-state index in [1.807, 2.05) is 0 Å². The van der Waals surface area contributed by atoms with Crippen LogP contribution in [0.3, 0.4) is 0 Å². The molecule has 1 aromatic heterocycles. The number of carbonyl (C=O) groups excluding carboxylic acids is 1. The number of rotatable bonds is 5. The number of alkyl halides is 3. The van der Waals surface area contributed by atoms with Gasteiger partial charge < -0.3 is 14.8 Å². The monoisotopic (exact) mass is 357 g/mol. The highest BCUT2D eigenvalue weighted by molar-refractivity contribution is 5.95. The first-order valence-corrected chi connectivity index (χ1v) is 7.31. The van der Waals surface area contributed by atoms with E-state index in [1.165, 1.54) is 14.2 Å². The molecule has 0 bridgehead atoms. The minimum atomic E-state index is -4.68. The van der Waals surface area contributed by atoms with Crippen LogP contribution < -0.4 is 14.8 Å². The van der Waals surface area contributed by atoms with Gasteiger partial charge in [0.2, 0.25) is 0 Å². The number of hydrogen-bond acceptors (Lipinski definition) is 4. The van der Waals surface area contributed by atoms with Crippen molar-refractivity contribution in [2.24, 2.45) is 7.05 Å². The maximum atomic E-state index is 13.1. The van der Waals surface area contributed by atoms with Crippen LogP contribution in [0.2, 0.25) is 0 Å². The Bertz CT molecular complexity index is 772. The second-order valence-corrected chi connectivity index (χ2v) is 5.34. The van der Waals surface area contributed by atoms with Gasteiger partial charge in [0.1, 0.15) is 0 Å². The Kier molecular flexibility index (Phi) is 5.24. The van der Waals surface area contributed by atoms with Gasteiger partial charge in [-0.1, -0.05) is 6.07 Å². The van der Waals surface area contributed by atoms with Crippen molar-refractivity contribution < 1.29 is 27.4 Å². The van der Waals surface area contributed by atoms with Crippen LogP contribution >= 0.6 is 0 Å². The molecule has 0 radical (unpaired) electrons. The summed E-state index contributed by atoms with van der Waals surface area (Å²) in [7, 11) is 4.09. The average Bonchev–Trinajstić information content (AvgIpc) is 2.96. The van der Waals surface area contributed by atoms with E-state index >= 15 is 0 Å². The van der Waals surface area contributed by atoms with E-state index in [0.29, 0.717) is 21.7 Å². The molecule has 2 aromatic rings. The van der Waals surface area contributed by atoms with Gasteiger partial charge in [-0.2, -0.15) is 18.3 Å². The molecule has 0 aliphatic rings. The normalized spacial score (nSPS) is 12.6. The van der Waals surface area contributed by atoms with Crippen LogP contribution in [0.5, 0.6) is 11.5 Å². The number of methoxy groups -OCH3 is 2. The van der Waals surface area contributed by atoms with E-state index in [-0.39, 0.29) is 0 Å². The molecule has 1 aromatic carbocycles. The van der Waals surface area contributed by atoms with Gasteiger partial charge in [-0.05, 0) is 24.6 Å². The summed E-state index contributed by atoms with van der Waals surface area (Å²) in [6, 6.07) is 4.45. The molecule has 2 rings (SSSR count). The molecule has 0 unspecified atom stereocenters. The quantitative estimate of drug-likeness (QED) is 0.894. The highest BCUT2D eigenvalue weighted by Gasteiger charge is 2.39. The van der Waals surface area contributed by atoms with Crippen LogP contribution in [-0.2, 0) is 13.2 Å². The summed E-state index contributed by atoms with van der Waals surface area (Å²) in [4.78, 5) is 12.3. The maximum Gasteiger partial charge on any atom is 0.433 e. The van der Waals surface area contributed by atoms with Crippen molar-refractivity contribution in [1.29, 1.82) is 0 Å². The minimum absolute atomic E-state index is 0.457. The van der Waals surface area contributed by atoms with Crippen LogP contribution in [0.15, 0.2) is 24.4 Å². The molecule has 0 saturated heterocycles. The molecule has 1 amide bonds. The number of amides is 1. The molecular formula is C16H18F3N3O3. The molecule has 1 heterocycles. The lowest BCUT2D eigenvalue weighted by atomic mass is 10.1. The van der Waals surface area contributed by atoms with Crippen molar-refractivity contribution in [3.8, 4) is 11.5 Å². The first-order valence-electron chi connectivity index (χ1n) is 7.31. The Balaban J connectivity index is 2.24. The standard InChI is InChI=1S/C16H18F3N3O3/c1-9(10-5-6-12(24-3)13(7-10)25-4)21-15(23)11-8-20-22(2)14(11)16(17,18)19/h5-9H,1-4H3,(H,21,23)/t9-/m1/s1. The highest BCUT2D eigenvalue weighted by Crippen LogP contribution is 2.32. The number of aryl methyl sites for hydroxylation is 1. The van der Waals surface area contributed by atoms with Gasteiger partial charge in [0.05, 0.1) is 32.0 Å². The van der Waals surface area contributed by atoms with Crippen LogP contribution in [0, 0.1) is 0 Å². The number of nitrogens with zero attached hydrogens (tertiary/aromatic N) is 2. The molecule has 0 aliphatic carbocycles. The van der Waals surface area contributed by atoms with E-state index in [1.54, 1.807) is 25.1 Å². The zero-order valence-electron chi connectivity index (χ0n) is 14.1. The number of ether oxygens (including phenoxy) is 2. The molecule has 0 fully saturated rings. The molecule has 9 heteroatoms. The van der Waals surface area contributed by atoms with Crippen molar-refractivity contribution in [3.63, 3.8) is 0 Å². The Morgan fingerprint density at radius 3 is 2.44 bits per heavy atom. The van der Waals surface area contributed by atoms with Crippen LogP contribution in [0.4, 0.5) is 13.2 Å². The molecular weight excluding hydrogens is 339 g/mol. The summed E-state index contributed by atoms with van der Waals surface area (Å²) in [6.07, 6.45) is -3.77. The fourth-order valence-electron chi connectivity index (χ4n) is 2.42. The fraction of sp³-hybridized carbons (Fsp3) is 0.375. The van der Waals surface area contributed by atoms with Crippen molar-refractivity contribution >= 4 is 5.91 Å². The lowest BCUT2D eigenvalue weighted by Gasteiger charge is -2.17. The lowest BCUT2D eigenvalue weighted by molar-refractivity contribution is -0.144. The second-order valence-electron chi connectivity index (χ2n) is 5.34. The van der Waals surface area contributed by atoms with Gasteiger partial charge in [0.15, 0.2) is 17.2 Å². The van der Waals surface area contributed by atoms with Gasteiger partial charge in [0.25, 0.3) is 5.91 Å². The van der Waals surface area contributed by atoms with Gasteiger partial charge in [-0.15, -0.1) is 0 Å². The predicted octanol–water partition coefficient (Wildman–Crippen LogP) is 2.95. The van der Waals surface area contributed by atoms with Crippen molar-refractivity contribution in [2.75, 3.05) is 14.2 Å². The minimum Gasteiger partial charge on any atom is -0.493 e. The molecule has 1 atom stereocenters. The molecule has 136 valence electrons. The summed E-state index contributed by atoms with van der Waals surface area (Å²) in [5, 5.41) is 6.07. The Morgan fingerprint density at radius 1 is 1.24 bits per heavy atom. The largest absolute Gasteiger partial charge is 0.493 e. The zero-order chi connectivity index (χ0) is 18.8. The summed E-state index contributed by atoms with van der Waals surface area (Å²) in [6.45, 7) is 1.66. The topological polar surface area (TPSA) is 65.4 Å². The Morgan fingerprint density at radius 2 is 1.88 bits per heavy atom. The maximum absolute atomic E-state index is 13.1. The number of nitrogens with one attached hydrogen (secondary N) is 1. The smallest absolute Gasteiger partial charge is 0.433 e. The van der Waals surface area contributed by atoms with Gasteiger partial charge in [0, 0.05) is 7.05 Å². The zero-order valence-corrected chi connectivity index (χ0v) is 14.1. The van der Waals surface area contributed by atoms with Crippen LogP contribution in [0.25, 0.3) is 0 Å². The molecule has 25 heavy (non-hydrogen) atoms. The van der Waals surface area contributed by atoms with E-state index in [9.17, 15) is 18.0 Å². The lowest BCUT2D eigenvalue weighted by Crippen LogP contribution is -2.29. The number of hydrogen-bond donors (Lipinski definition) is 1. The Labute approximate surface area is 142 Å². The summed E-state index contributed by atoms with van der Waals surface area (Å²) in [5.41, 5.74) is -0.963. The molecule has 6 nitrogen and oxygen atoms in total. The summed E-state index contributed by atoms with van der Waals surface area (Å²) < 4.78 is 50.2. The number of carbonyl (C=O) groups is 1. The molecule has 1 N–H and O–H groups in total. The van der Waals surface area contributed by atoms with Gasteiger partial charge >= 0.3 is 6.18 Å². The van der Waals surface area contributed by atoms with Crippen molar-refractivity contribution in [1.82, 2.24) is 15.1 Å². The third-order valence-electron chi connectivity index (χ3n) is 3.71. The fourth-order valence-corrected chi connectivity index (χ4v) is 2.42. The first-order chi connectivity index (χ1) is 11.7. The van der Waals surface area contributed by atoms with E-state index in [2.05, 4.69) is 10.4 Å². The van der Waals surface area contributed by atoms with E-state index in [4.69, 9.17) is 9.47 Å². The number of benzene rings is 1. The second kappa shape index (κ2) is 7.04. The first kappa shape index (κ1) is 18.6. The van der Waals surface area contributed by atoms with Crippen molar-refractivity contribution in [2.45, 2.75) is 19.1 Å². The number of halogens is 3. The van der Waals surface area contributed by atoms with Gasteiger partial charge in [-0.25, -0.2) is 0 Å². The average molecular weight is 357 g/mol. The SMILES string of the molecule is COc1ccc([C@@H](C)NC(=O)c2cnn(C)c2C(F)(F)F)cc1OC. The Hall–Kier alpha value is -2.71. The summed E-state index contributed by atoms with van der Waals surface area (Å²) in [5.74, 6) is 0.109. The third kappa shape index (κ3) is 3.86. The van der Waals surface area contributed by atoms with E-state index < -0.39 is 29.4 Å². The molecule has 0 aliphatic heterocycles. The summed E-state index contributed by atoms with van der Waals surface area (Å²) >= 11 is 0. The highest BCUT2D eigenvalue weighted by atomic mass is 19.4. The van der Waals surface area contributed by atoms with E-state index in [0.717, 1.165) is 13.2 Å². The van der Waals surface area contributed by atoms with Crippen LogP contribution in [-0.4, -0.2) is 29.9 Å². The third-order valence-corrected chi connectivity index (χ3v) is 3.71.